The van der Waals surface area contributed by atoms with Crippen LogP contribution in [0.1, 0.15) is 102 Å². The van der Waals surface area contributed by atoms with Gasteiger partial charge in [-0.25, -0.2) is 9.59 Å². The van der Waals surface area contributed by atoms with Crippen LogP contribution in [0.2, 0.25) is 0 Å². The third kappa shape index (κ3) is 8.31. The average Bonchev–Trinajstić information content (AvgIpc) is 2.95. The van der Waals surface area contributed by atoms with E-state index in [0.29, 0.717) is 6.42 Å². The molecule has 0 radical (unpaired) electrons. The van der Waals surface area contributed by atoms with Crippen LogP contribution in [0, 0.1) is 5.92 Å². The quantitative estimate of drug-likeness (QED) is 0.293. The Labute approximate surface area is 258 Å². The van der Waals surface area contributed by atoms with Gasteiger partial charge in [0, 0.05) is 12.7 Å². The Balaban J connectivity index is 1.69. The van der Waals surface area contributed by atoms with E-state index in [9.17, 15) is 14.7 Å². The van der Waals surface area contributed by atoms with E-state index in [-0.39, 0.29) is 30.5 Å². The number of aryl methyl sites for hydroxylation is 1. The van der Waals surface area contributed by atoms with E-state index in [2.05, 4.69) is 22.3 Å². The van der Waals surface area contributed by atoms with Crippen LogP contribution in [0.25, 0.3) is 0 Å². The lowest BCUT2D eigenvalue weighted by molar-refractivity contribution is -0.147. The second-order valence-electron chi connectivity index (χ2n) is 14.0. The normalized spacial score (nSPS) is 17.6. The highest BCUT2D eigenvalue weighted by Crippen LogP contribution is 2.49. The molecule has 0 aliphatic heterocycles. The molecule has 2 aliphatic rings. The zero-order chi connectivity index (χ0) is 31.2. The minimum atomic E-state index is -0.639. The van der Waals surface area contributed by atoms with Crippen molar-refractivity contribution in [3.05, 3.63) is 64.7 Å². The smallest absolute Gasteiger partial charge is 0.407 e. The van der Waals surface area contributed by atoms with Gasteiger partial charge in [-0.2, -0.15) is 0 Å². The van der Waals surface area contributed by atoms with Gasteiger partial charge in [0.15, 0.2) is 0 Å². The van der Waals surface area contributed by atoms with Crippen LogP contribution in [0.15, 0.2) is 42.5 Å². The summed E-state index contributed by atoms with van der Waals surface area (Å²) in [6.45, 7) is 9.56. The fourth-order valence-corrected chi connectivity index (χ4v) is 7.12. The Morgan fingerprint density at radius 3 is 2.33 bits per heavy atom. The van der Waals surface area contributed by atoms with Gasteiger partial charge < -0.3 is 24.8 Å². The molecular formula is C36H52N2O5. The Morgan fingerprint density at radius 2 is 1.70 bits per heavy atom. The van der Waals surface area contributed by atoms with Crippen molar-refractivity contribution in [1.29, 1.82) is 0 Å². The maximum Gasteiger partial charge on any atom is 0.407 e. The largest absolute Gasteiger partial charge is 0.459 e. The predicted octanol–water partition coefficient (Wildman–Crippen LogP) is 6.86. The van der Waals surface area contributed by atoms with E-state index in [4.69, 9.17) is 9.47 Å². The van der Waals surface area contributed by atoms with E-state index < -0.39 is 23.8 Å². The topological polar surface area (TPSA) is 88.1 Å². The molecule has 4 rings (SSSR count). The molecule has 1 unspecified atom stereocenters. The van der Waals surface area contributed by atoms with E-state index >= 15 is 0 Å². The second kappa shape index (κ2) is 14.1. The van der Waals surface area contributed by atoms with Crippen LogP contribution in [0.5, 0.6) is 0 Å². The van der Waals surface area contributed by atoms with E-state index in [1.165, 1.54) is 56.1 Å². The number of hydrogen-bond acceptors (Lipinski definition) is 6. The number of ether oxygens (including phenoxy) is 2. The summed E-state index contributed by atoms with van der Waals surface area (Å²) in [5, 5.41) is 13.2. The number of nitrogens with one attached hydrogen (secondary N) is 1. The van der Waals surface area contributed by atoms with Crippen molar-refractivity contribution in [2.24, 2.45) is 5.92 Å². The first-order valence-electron chi connectivity index (χ1n) is 16.1. The summed E-state index contributed by atoms with van der Waals surface area (Å²) in [4.78, 5) is 28.3. The van der Waals surface area contributed by atoms with Gasteiger partial charge in [0.2, 0.25) is 0 Å². The van der Waals surface area contributed by atoms with Gasteiger partial charge in [0.25, 0.3) is 0 Å². The molecule has 236 valence electrons. The number of nitrogens with zero attached hydrogens (tertiary/aromatic N) is 1. The van der Waals surface area contributed by atoms with Crippen LogP contribution in [-0.4, -0.2) is 48.5 Å². The number of amides is 1. The molecule has 2 aromatic carbocycles. The maximum atomic E-state index is 13.6. The van der Waals surface area contributed by atoms with Gasteiger partial charge >= 0.3 is 12.1 Å². The highest BCUT2D eigenvalue weighted by Gasteiger charge is 2.39. The number of likely N-dealkylation sites (N-methyl/N-ethyl adjacent to an activating group) is 1. The first kappa shape index (κ1) is 32.8. The lowest BCUT2D eigenvalue weighted by atomic mass is 9.62. The summed E-state index contributed by atoms with van der Waals surface area (Å²) >= 11 is 0. The number of esters is 1. The van der Waals surface area contributed by atoms with Gasteiger partial charge in [0.05, 0.1) is 12.6 Å². The van der Waals surface area contributed by atoms with Gasteiger partial charge in [-0.05, 0) is 98.9 Å². The number of alkyl carbamates (subject to hydrolysis) is 1. The van der Waals surface area contributed by atoms with Crippen LogP contribution < -0.4 is 10.2 Å². The number of fused-ring (bicyclic) bond motifs is 2. The zero-order valence-corrected chi connectivity index (χ0v) is 27.1. The number of hydrogen-bond donors (Lipinski definition) is 2. The van der Waals surface area contributed by atoms with Crippen molar-refractivity contribution in [1.82, 2.24) is 5.32 Å². The molecule has 0 bridgehead atoms. The van der Waals surface area contributed by atoms with Crippen LogP contribution in [0.3, 0.4) is 0 Å². The van der Waals surface area contributed by atoms with Crippen molar-refractivity contribution in [2.45, 2.75) is 122 Å². The molecule has 2 N–H and O–H groups in total. The Kier molecular flexibility index (Phi) is 10.8. The third-order valence-electron chi connectivity index (χ3n) is 9.09. The minimum absolute atomic E-state index is 0.00526. The summed E-state index contributed by atoms with van der Waals surface area (Å²) in [5.41, 5.74) is 5.25. The number of benzene rings is 2. The molecule has 1 fully saturated rings. The fourth-order valence-electron chi connectivity index (χ4n) is 7.12. The van der Waals surface area contributed by atoms with Crippen molar-refractivity contribution >= 4 is 17.7 Å². The Bertz CT molecular complexity index is 1230. The first-order valence-corrected chi connectivity index (χ1v) is 16.1. The summed E-state index contributed by atoms with van der Waals surface area (Å²) in [5.74, 6) is -0.266. The SMILES string of the molecule is CC(C)[C@@H](C(=O)OCc1ccccc1)N(C)c1cc2c(cc1CC(CO)NC(=O)OC(C)(C)C)CCCC21CCCCC1. The molecule has 2 atom stereocenters. The van der Waals surface area contributed by atoms with Crippen molar-refractivity contribution < 1.29 is 24.2 Å². The molecule has 0 saturated heterocycles. The lowest BCUT2D eigenvalue weighted by Gasteiger charge is -2.44. The molecule has 2 aliphatic carbocycles. The number of carbonyl (C=O) groups is 2. The van der Waals surface area contributed by atoms with Gasteiger partial charge in [-0.3, -0.25) is 0 Å². The molecule has 43 heavy (non-hydrogen) atoms. The number of carbonyl (C=O) groups excluding carboxylic acids is 2. The molecule has 1 amide bonds. The van der Waals surface area contributed by atoms with E-state index in [1.54, 1.807) is 0 Å². The third-order valence-corrected chi connectivity index (χ3v) is 9.09. The number of aliphatic hydroxyl groups excluding tert-OH is 1. The molecule has 0 heterocycles. The molecule has 1 saturated carbocycles. The number of anilines is 1. The molecule has 7 heteroatoms. The highest BCUT2D eigenvalue weighted by molar-refractivity contribution is 5.81. The summed E-state index contributed by atoms with van der Waals surface area (Å²) in [6, 6.07) is 13.3. The van der Waals surface area contributed by atoms with Gasteiger partial charge in [0.1, 0.15) is 18.2 Å². The van der Waals surface area contributed by atoms with E-state index in [0.717, 1.165) is 23.2 Å². The average molecular weight is 593 g/mol. The Morgan fingerprint density at radius 1 is 1.02 bits per heavy atom. The van der Waals surface area contributed by atoms with Gasteiger partial charge in [-0.15, -0.1) is 0 Å². The fraction of sp³-hybridized carbons (Fsp3) is 0.611. The lowest BCUT2D eigenvalue weighted by Crippen LogP contribution is -2.45. The second-order valence-corrected chi connectivity index (χ2v) is 14.0. The molecule has 0 aromatic heterocycles. The standard InChI is InChI=1S/C36H52N2O5/c1-25(2)32(33(40)42-24-26-14-9-7-10-15-26)38(6)31-22-30-27(16-13-19-36(30)17-11-8-12-18-36)20-28(31)21-29(23-39)37-34(41)43-35(3,4)5/h7,9-10,14-15,20,22,25,29,32,39H,8,11-13,16-19,21,23-24H2,1-6H3,(H,37,41)/t29?,32-/m0/s1. The number of rotatable bonds is 10. The van der Waals surface area contributed by atoms with Gasteiger partial charge in [-0.1, -0.05) is 69.5 Å². The number of aliphatic hydroxyl groups is 1. The minimum Gasteiger partial charge on any atom is -0.459 e. The van der Waals surface area contributed by atoms with Crippen molar-refractivity contribution in [3.8, 4) is 0 Å². The zero-order valence-electron chi connectivity index (χ0n) is 27.1. The molecule has 2 aromatic rings. The highest BCUT2D eigenvalue weighted by atomic mass is 16.6. The van der Waals surface area contributed by atoms with Crippen molar-refractivity contribution in [3.63, 3.8) is 0 Å². The van der Waals surface area contributed by atoms with Crippen molar-refractivity contribution in [2.75, 3.05) is 18.6 Å². The maximum absolute atomic E-state index is 13.6. The summed E-state index contributed by atoms with van der Waals surface area (Å²) in [6.07, 6.45) is 9.45. The molecular weight excluding hydrogens is 540 g/mol. The summed E-state index contributed by atoms with van der Waals surface area (Å²) in [7, 11) is 1.98. The van der Waals surface area contributed by atoms with Crippen LogP contribution in [-0.2, 0) is 39.1 Å². The summed E-state index contributed by atoms with van der Waals surface area (Å²) < 4.78 is 11.3. The van der Waals surface area contributed by atoms with E-state index in [1.807, 2.05) is 72.0 Å². The Hall–Kier alpha value is -3.06. The monoisotopic (exact) mass is 592 g/mol. The molecule has 1 spiro atoms. The van der Waals surface area contributed by atoms with Crippen LogP contribution >= 0.6 is 0 Å². The molecule has 7 nitrogen and oxygen atoms in total. The first-order chi connectivity index (χ1) is 20.4. The predicted molar refractivity (Wildman–Crippen MR) is 171 cm³/mol. The van der Waals surface area contributed by atoms with Crippen LogP contribution in [0.4, 0.5) is 10.5 Å².